The molecule has 0 aliphatic carbocycles. The van der Waals surface area contributed by atoms with Crippen molar-refractivity contribution in [1.29, 1.82) is 0 Å². The van der Waals surface area contributed by atoms with Crippen molar-refractivity contribution >= 4 is 137 Å². The molecule has 7 nitrogen and oxygen atoms in total. The third-order valence-electron chi connectivity index (χ3n) is 21.6. The molecule has 6 aromatic heterocycles. The molecule has 0 bridgehead atoms. The first-order valence-electron chi connectivity index (χ1n) is 34.6. The van der Waals surface area contributed by atoms with Crippen LogP contribution in [0.3, 0.4) is 0 Å². The molecule has 0 unspecified atom stereocenters. The molecule has 21 aromatic rings. The van der Waals surface area contributed by atoms with Gasteiger partial charge in [-0.05, 0) is 181 Å². The van der Waals surface area contributed by atoms with Crippen LogP contribution in [-0.2, 0) is 6.18 Å². The first-order chi connectivity index (χ1) is 50.6. The first kappa shape index (κ1) is 58.4. The van der Waals surface area contributed by atoms with Crippen LogP contribution in [0.25, 0.3) is 192 Å². The lowest BCUT2D eigenvalue weighted by molar-refractivity contribution is -0.137. The summed E-state index contributed by atoms with van der Waals surface area (Å²) in [5, 5.41) is 13.3. The van der Waals surface area contributed by atoms with E-state index in [0.717, 1.165) is 165 Å². The van der Waals surface area contributed by atoms with E-state index in [1.165, 1.54) is 12.1 Å². The quantitative estimate of drug-likeness (QED) is 0.136. The Morgan fingerprint density at radius 2 is 0.573 bits per heavy atom. The second-order valence-corrected chi connectivity index (χ2v) is 27.0. The Morgan fingerprint density at radius 3 is 0.883 bits per heavy atom. The summed E-state index contributed by atoms with van der Waals surface area (Å²) in [6.07, 6.45) is -4.54. The molecule has 0 saturated heterocycles. The summed E-state index contributed by atoms with van der Waals surface area (Å²) in [4.78, 5) is 4.46. The zero-order valence-electron chi connectivity index (χ0n) is 55.4. The Kier molecular flexibility index (Phi) is 12.4. The maximum atomic E-state index is 14.6. The fraction of sp³-hybridized carbons (Fsp3) is 0.0215. The highest BCUT2D eigenvalue weighted by Gasteiger charge is 2.32. The van der Waals surface area contributed by atoms with Gasteiger partial charge in [0, 0.05) is 98.6 Å². The van der Waals surface area contributed by atoms with E-state index in [1.54, 1.807) is 13.0 Å². The van der Waals surface area contributed by atoms with E-state index in [2.05, 4.69) is 317 Å². The highest BCUT2D eigenvalue weighted by atomic mass is 19.4. The number of fused-ring (bicyclic) bond motifs is 18. The van der Waals surface area contributed by atoms with E-state index in [9.17, 15) is 19.7 Å². The number of rotatable bonds is 8. The van der Waals surface area contributed by atoms with Gasteiger partial charge in [0.2, 0.25) is 0 Å². The van der Waals surface area contributed by atoms with Gasteiger partial charge in [-0.15, -0.1) is 0 Å². The van der Waals surface area contributed by atoms with Gasteiger partial charge in [-0.2, -0.15) is 13.2 Å². The third-order valence-corrected chi connectivity index (χ3v) is 21.6. The zero-order chi connectivity index (χ0) is 68.5. The van der Waals surface area contributed by atoms with Gasteiger partial charge in [0.15, 0.2) is 5.69 Å². The summed E-state index contributed by atoms with van der Waals surface area (Å²) in [7, 11) is 0. The van der Waals surface area contributed by atoms with Gasteiger partial charge >= 0.3 is 6.18 Å². The molecule has 0 aliphatic heterocycles. The normalized spacial score (nSPS) is 12.3. The number of halogens is 3. The third kappa shape index (κ3) is 8.51. The molecule has 6 heterocycles. The van der Waals surface area contributed by atoms with Crippen molar-refractivity contribution in [2.75, 3.05) is 0 Å². The summed E-state index contributed by atoms with van der Waals surface area (Å²) >= 11 is 0. The minimum Gasteiger partial charge on any atom is -0.310 e. The maximum absolute atomic E-state index is 14.6. The molecule has 21 rings (SSSR count). The standard InChI is InChI=1S/C93H56F3N7/c1-56-50-58(93(94,95)96)39-44-63(56)57-38-45-90(102-86-46-40-59(98-78-29-11-3-20-64(78)65-21-4-12-30-79(65)98)52-72(86)73-53-60(41-47-87(73)102)99-80-31-13-5-22-66(80)67-23-6-14-32-81(67)99)76(51-57)92-77(97-2)28-19-37-91(92)103-88-48-42-61(100-82-33-15-7-24-68(82)69-25-8-16-34-83(69)100)54-74(88)75-55-62(43-49-89(75)103)101-84-35-17-9-26-70(84)71-27-10-18-36-85(71)101/h3-55H,1H3. The Labute approximate surface area is 587 Å². The van der Waals surface area contributed by atoms with Crippen LogP contribution in [0.5, 0.6) is 0 Å². The Hall–Kier alpha value is -13.6. The topological polar surface area (TPSA) is 33.9 Å². The zero-order valence-corrected chi connectivity index (χ0v) is 55.4. The highest BCUT2D eigenvalue weighted by Crippen LogP contribution is 2.49. The molecule has 0 aliphatic rings. The summed E-state index contributed by atoms with van der Waals surface area (Å²) in [6, 6.07) is 112. The molecule has 0 amide bonds. The molecule has 15 aromatic carbocycles. The molecule has 0 N–H and O–H groups in total. The Balaban J connectivity index is 0.863. The molecule has 10 heteroatoms. The second kappa shape index (κ2) is 21.9. The lowest BCUT2D eigenvalue weighted by atomic mass is 9.92. The number of aromatic nitrogens is 6. The van der Waals surface area contributed by atoms with Crippen molar-refractivity contribution in [2.24, 2.45) is 0 Å². The molecule has 0 atom stereocenters. The molecular weight excluding hydrogens is 1270 g/mol. The largest absolute Gasteiger partial charge is 0.416 e. The first-order valence-corrected chi connectivity index (χ1v) is 34.6. The van der Waals surface area contributed by atoms with Crippen LogP contribution in [0, 0.1) is 13.5 Å². The molecule has 103 heavy (non-hydrogen) atoms. The summed E-state index contributed by atoms with van der Waals surface area (Å²) in [5.41, 5.74) is 20.8. The van der Waals surface area contributed by atoms with E-state index in [4.69, 9.17) is 0 Å². The van der Waals surface area contributed by atoms with Gasteiger partial charge in [-0.25, -0.2) is 4.85 Å². The maximum Gasteiger partial charge on any atom is 0.416 e. The number of aryl methyl sites for hydroxylation is 1. The fourth-order valence-electron chi connectivity index (χ4n) is 17.2. The van der Waals surface area contributed by atoms with E-state index in [1.807, 2.05) is 18.2 Å². The van der Waals surface area contributed by atoms with E-state index in [0.29, 0.717) is 33.5 Å². The van der Waals surface area contributed by atoms with Crippen molar-refractivity contribution in [3.05, 3.63) is 344 Å². The summed E-state index contributed by atoms with van der Waals surface area (Å²) in [5.74, 6) is 0. The lowest BCUT2D eigenvalue weighted by Crippen LogP contribution is -2.05. The number of hydrogen-bond donors (Lipinski definition) is 0. The van der Waals surface area contributed by atoms with Crippen LogP contribution in [-0.4, -0.2) is 27.4 Å². The van der Waals surface area contributed by atoms with Crippen molar-refractivity contribution < 1.29 is 13.2 Å². The lowest BCUT2D eigenvalue weighted by Gasteiger charge is -2.21. The van der Waals surface area contributed by atoms with E-state index < -0.39 is 11.7 Å². The van der Waals surface area contributed by atoms with Gasteiger partial charge in [0.25, 0.3) is 0 Å². The molecular formula is C93H56F3N7. The van der Waals surface area contributed by atoms with Gasteiger partial charge in [0.05, 0.1) is 84.0 Å². The average Bonchev–Trinajstić information content (AvgIpc) is 1.57. The molecule has 0 radical (unpaired) electrons. The van der Waals surface area contributed by atoms with Gasteiger partial charge in [-0.3, -0.25) is 0 Å². The predicted molar refractivity (Wildman–Crippen MR) is 419 cm³/mol. The van der Waals surface area contributed by atoms with Crippen molar-refractivity contribution in [2.45, 2.75) is 13.1 Å². The van der Waals surface area contributed by atoms with Crippen LogP contribution in [0.2, 0.25) is 0 Å². The summed E-state index contributed by atoms with van der Waals surface area (Å²) < 4.78 is 58.0. The molecule has 0 fully saturated rings. The average molecular weight is 1330 g/mol. The number of benzene rings is 15. The minimum absolute atomic E-state index is 0.405. The number of hydrogen-bond acceptors (Lipinski definition) is 0. The van der Waals surface area contributed by atoms with Crippen molar-refractivity contribution in [1.82, 2.24) is 27.4 Å². The number of alkyl halides is 3. The Morgan fingerprint density at radius 1 is 0.262 bits per heavy atom. The molecule has 484 valence electrons. The smallest absolute Gasteiger partial charge is 0.310 e. The van der Waals surface area contributed by atoms with Crippen LogP contribution in [0.15, 0.2) is 322 Å². The predicted octanol–water partition coefficient (Wildman–Crippen LogP) is 25.5. The minimum atomic E-state index is -4.54. The van der Waals surface area contributed by atoms with Gasteiger partial charge < -0.3 is 27.4 Å². The monoisotopic (exact) mass is 1330 g/mol. The van der Waals surface area contributed by atoms with Crippen molar-refractivity contribution in [3.8, 4) is 56.4 Å². The van der Waals surface area contributed by atoms with E-state index in [-0.39, 0.29) is 0 Å². The fourth-order valence-corrected chi connectivity index (χ4v) is 17.2. The van der Waals surface area contributed by atoms with Gasteiger partial charge in [-0.1, -0.05) is 170 Å². The number of nitrogens with zero attached hydrogens (tertiary/aromatic N) is 7. The molecule has 0 saturated carbocycles. The highest BCUT2D eigenvalue weighted by molar-refractivity contribution is 6.18. The van der Waals surface area contributed by atoms with E-state index >= 15 is 0 Å². The van der Waals surface area contributed by atoms with Gasteiger partial charge in [0.1, 0.15) is 0 Å². The SMILES string of the molecule is [C-]#[N+]c1cccc(-n2c3ccc(-n4c5ccccc5c5ccccc54)cc3c3cc(-n4c5ccccc5c5ccccc54)ccc32)c1-c1cc(-c2ccc(C(F)(F)F)cc2C)ccc1-n1c2ccc(-n3c4ccccc4c4ccccc43)cc2c2cc(-n3c4ccccc4c4ccccc43)ccc21. The molecule has 0 spiro atoms. The number of para-hydroxylation sites is 8. The van der Waals surface area contributed by atoms with Crippen LogP contribution in [0.4, 0.5) is 18.9 Å². The Bertz CT molecular complexity index is 6720. The van der Waals surface area contributed by atoms with Crippen molar-refractivity contribution in [3.63, 3.8) is 0 Å². The second-order valence-electron chi connectivity index (χ2n) is 27.0. The van der Waals surface area contributed by atoms with Crippen LogP contribution >= 0.6 is 0 Å². The van der Waals surface area contributed by atoms with Crippen LogP contribution in [0.1, 0.15) is 11.1 Å². The van der Waals surface area contributed by atoms with Crippen LogP contribution < -0.4 is 0 Å². The summed E-state index contributed by atoms with van der Waals surface area (Å²) in [6.45, 7) is 11.1.